The van der Waals surface area contributed by atoms with E-state index in [0.29, 0.717) is 12.0 Å². The van der Waals surface area contributed by atoms with E-state index in [2.05, 4.69) is 0 Å². The number of hydrogen-bond acceptors (Lipinski definition) is 1. The molecule has 0 atom stereocenters. The van der Waals surface area contributed by atoms with Crippen molar-refractivity contribution in [1.82, 2.24) is 0 Å². The van der Waals surface area contributed by atoms with Gasteiger partial charge in [-0.25, -0.2) is 0 Å². The maximum Gasteiger partial charge on any atom is 0.416 e. The van der Waals surface area contributed by atoms with E-state index in [1.807, 2.05) is 30.3 Å². The van der Waals surface area contributed by atoms with Crippen molar-refractivity contribution in [2.75, 3.05) is 0 Å². The van der Waals surface area contributed by atoms with Gasteiger partial charge in [0.25, 0.3) is 0 Å². The van der Waals surface area contributed by atoms with Gasteiger partial charge in [0.05, 0.1) is 5.56 Å². The van der Waals surface area contributed by atoms with Crippen molar-refractivity contribution in [1.29, 1.82) is 0 Å². The summed E-state index contributed by atoms with van der Waals surface area (Å²) in [5.41, 5.74) is 0.512. The maximum absolute atomic E-state index is 12.6. The molecule has 2 aromatic rings. The molecule has 0 aromatic heterocycles. The quantitative estimate of drug-likeness (QED) is 0.856. The van der Waals surface area contributed by atoms with Gasteiger partial charge in [-0.15, -0.1) is 0 Å². The minimum Gasteiger partial charge on any atom is -0.508 e. The Morgan fingerprint density at radius 2 is 1.56 bits per heavy atom. The average Bonchev–Trinajstić information content (AvgIpc) is 2.28. The fourth-order valence-electron chi connectivity index (χ4n) is 1.77. The Kier molecular flexibility index (Phi) is 3.28. The number of hydrogen-bond donors (Lipinski definition) is 1. The molecule has 0 bridgehead atoms. The Hall–Kier alpha value is -1.97. The van der Waals surface area contributed by atoms with Crippen LogP contribution in [0.1, 0.15) is 16.7 Å². The third-order valence-electron chi connectivity index (χ3n) is 2.56. The molecule has 0 aliphatic carbocycles. The van der Waals surface area contributed by atoms with E-state index in [9.17, 15) is 18.3 Å². The summed E-state index contributed by atoms with van der Waals surface area (Å²) >= 11 is 0. The summed E-state index contributed by atoms with van der Waals surface area (Å²) in [6.45, 7) is 0. The van der Waals surface area contributed by atoms with Gasteiger partial charge >= 0.3 is 6.18 Å². The predicted molar refractivity (Wildman–Crippen MR) is 62.4 cm³/mol. The predicted octanol–water partition coefficient (Wildman–Crippen LogP) is 4.00. The van der Waals surface area contributed by atoms with Crippen molar-refractivity contribution >= 4 is 0 Å². The second-order valence-corrected chi connectivity index (χ2v) is 4.05. The van der Waals surface area contributed by atoms with E-state index in [1.54, 1.807) is 0 Å². The lowest BCUT2D eigenvalue weighted by Gasteiger charge is -2.10. The fraction of sp³-hybridized carbons (Fsp3) is 0.143. The SMILES string of the molecule is Oc1cc(Cc2ccccc2)cc(C(F)(F)F)c1. The van der Waals surface area contributed by atoms with Gasteiger partial charge < -0.3 is 5.11 Å². The molecule has 0 unspecified atom stereocenters. The second kappa shape index (κ2) is 4.72. The number of aromatic hydroxyl groups is 1. The lowest BCUT2D eigenvalue weighted by molar-refractivity contribution is -0.137. The zero-order valence-corrected chi connectivity index (χ0v) is 9.41. The third kappa shape index (κ3) is 3.03. The van der Waals surface area contributed by atoms with Crippen molar-refractivity contribution < 1.29 is 18.3 Å². The Morgan fingerprint density at radius 3 is 2.17 bits per heavy atom. The molecule has 1 N–H and O–H groups in total. The molecule has 94 valence electrons. The highest BCUT2D eigenvalue weighted by atomic mass is 19.4. The highest BCUT2D eigenvalue weighted by Gasteiger charge is 2.31. The van der Waals surface area contributed by atoms with Gasteiger partial charge in [-0.05, 0) is 35.7 Å². The molecular formula is C14H11F3O. The molecule has 0 fully saturated rings. The molecule has 2 aromatic carbocycles. The molecule has 0 heterocycles. The van der Waals surface area contributed by atoms with Gasteiger partial charge in [0, 0.05) is 0 Å². The van der Waals surface area contributed by atoms with Crippen LogP contribution in [0.3, 0.4) is 0 Å². The van der Waals surface area contributed by atoms with Crippen LogP contribution < -0.4 is 0 Å². The lowest BCUT2D eigenvalue weighted by Crippen LogP contribution is -2.05. The number of benzene rings is 2. The van der Waals surface area contributed by atoms with Crippen LogP contribution in [0.25, 0.3) is 0 Å². The topological polar surface area (TPSA) is 20.2 Å². The van der Waals surface area contributed by atoms with Gasteiger partial charge in [0.1, 0.15) is 5.75 Å². The normalized spacial score (nSPS) is 11.5. The number of phenols is 1. The summed E-state index contributed by atoms with van der Waals surface area (Å²) in [5.74, 6) is -0.365. The summed E-state index contributed by atoms with van der Waals surface area (Å²) in [4.78, 5) is 0. The summed E-state index contributed by atoms with van der Waals surface area (Å²) < 4.78 is 37.7. The Labute approximate surface area is 103 Å². The second-order valence-electron chi connectivity index (χ2n) is 4.05. The van der Waals surface area contributed by atoms with Crippen LogP contribution in [0, 0.1) is 0 Å². The van der Waals surface area contributed by atoms with Gasteiger partial charge in [-0.1, -0.05) is 30.3 Å². The van der Waals surface area contributed by atoms with Crippen LogP contribution in [0.5, 0.6) is 5.75 Å². The van der Waals surface area contributed by atoms with Crippen LogP contribution in [0.15, 0.2) is 48.5 Å². The minimum atomic E-state index is -4.44. The minimum absolute atomic E-state index is 0.359. The zero-order valence-electron chi connectivity index (χ0n) is 9.41. The van der Waals surface area contributed by atoms with E-state index in [1.165, 1.54) is 6.07 Å². The summed E-state index contributed by atoms with van der Waals surface area (Å²) in [7, 11) is 0. The molecule has 0 radical (unpaired) electrons. The van der Waals surface area contributed by atoms with Crippen LogP contribution in [-0.4, -0.2) is 5.11 Å². The lowest BCUT2D eigenvalue weighted by atomic mass is 10.0. The molecular weight excluding hydrogens is 241 g/mol. The van der Waals surface area contributed by atoms with Crippen molar-refractivity contribution in [2.45, 2.75) is 12.6 Å². The van der Waals surface area contributed by atoms with Crippen LogP contribution >= 0.6 is 0 Å². The van der Waals surface area contributed by atoms with E-state index in [-0.39, 0.29) is 5.75 Å². The number of phenolic OH excluding ortho intramolecular Hbond substituents is 1. The van der Waals surface area contributed by atoms with E-state index in [4.69, 9.17) is 0 Å². The van der Waals surface area contributed by atoms with E-state index in [0.717, 1.165) is 17.7 Å². The first-order valence-electron chi connectivity index (χ1n) is 5.39. The first kappa shape index (κ1) is 12.5. The first-order valence-corrected chi connectivity index (χ1v) is 5.39. The van der Waals surface area contributed by atoms with Crippen molar-refractivity contribution in [3.05, 3.63) is 65.2 Å². The van der Waals surface area contributed by atoms with Gasteiger partial charge in [-0.3, -0.25) is 0 Å². The first-order chi connectivity index (χ1) is 8.45. The molecule has 0 amide bonds. The van der Waals surface area contributed by atoms with E-state index >= 15 is 0 Å². The molecule has 0 spiro atoms. The maximum atomic E-state index is 12.6. The number of halogens is 3. The summed E-state index contributed by atoms with van der Waals surface area (Å²) in [6.07, 6.45) is -4.08. The van der Waals surface area contributed by atoms with Gasteiger partial charge in [-0.2, -0.15) is 13.2 Å². The third-order valence-corrected chi connectivity index (χ3v) is 2.56. The Morgan fingerprint density at radius 1 is 0.889 bits per heavy atom. The number of rotatable bonds is 2. The highest BCUT2D eigenvalue weighted by Crippen LogP contribution is 2.32. The molecule has 18 heavy (non-hydrogen) atoms. The van der Waals surface area contributed by atoms with Gasteiger partial charge in [0.15, 0.2) is 0 Å². The fourth-order valence-corrected chi connectivity index (χ4v) is 1.77. The van der Waals surface area contributed by atoms with Crippen LogP contribution in [0.4, 0.5) is 13.2 Å². The van der Waals surface area contributed by atoms with Crippen molar-refractivity contribution in [3.8, 4) is 5.75 Å². The Balaban J connectivity index is 2.32. The molecule has 0 saturated heterocycles. The molecule has 0 aliphatic rings. The summed E-state index contributed by atoms with van der Waals surface area (Å²) in [5, 5.41) is 9.34. The zero-order chi connectivity index (χ0) is 13.2. The Bertz CT molecular complexity index is 532. The van der Waals surface area contributed by atoms with Crippen molar-refractivity contribution in [2.24, 2.45) is 0 Å². The molecule has 0 aliphatic heterocycles. The molecule has 2 rings (SSSR count). The van der Waals surface area contributed by atoms with Crippen LogP contribution in [0.2, 0.25) is 0 Å². The highest BCUT2D eigenvalue weighted by molar-refractivity contribution is 5.37. The van der Waals surface area contributed by atoms with E-state index < -0.39 is 11.7 Å². The largest absolute Gasteiger partial charge is 0.508 e. The monoisotopic (exact) mass is 252 g/mol. The number of alkyl halides is 3. The molecule has 4 heteroatoms. The van der Waals surface area contributed by atoms with Crippen molar-refractivity contribution in [3.63, 3.8) is 0 Å². The smallest absolute Gasteiger partial charge is 0.416 e. The standard InChI is InChI=1S/C14H11F3O/c15-14(16,17)12-7-11(8-13(18)9-12)6-10-4-2-1-3-5-10/h1-5,7-9,18H,6H2. The summed E-state index contributed by atoms with van der Waals surface area (Å²) in [6, 6.07) is 12.3. The van der Waals surface area contributed by atoms with Gasteiger partial charge in [0.2, 0.25) is 0 Å². The molecule has 1 nitrogen and oxygen atoms in total. The average molecular weight is 252 g/mol. The van der Waals surface area contributed by atoms with Crippen LogP contribution in [-0.2, 0) is 12.6 Å². The molecule has 0 saturated carbocycles.